The minimum absolute atomic E-state index is 0.0867. The van der Waals surface area contributed by atoms with Gasteiger partial charge in [0.1, 0.15) is 0 Å². The molecule has 104 valence electrons. The highest BCUT2D eigenvalue weighted by atomic mass is 32.2. The summed E-state index contributed by atoms with van der Waals surface area (Å²) in [4.78, 5) is 23.1. The number of rotatable bonds is 6. The van der Waals surface area contributed by atoms with Crippen molar-refractivity contribution >= 4 is 23.6 Å². The van der Waals surface area contributed by atoms with Gasteiger partial charge in [0.25, 0.3) is 0 Å². The molecule has 1 amide bonds. The summed E-state index contributed by atoms with van der Waals surface area (Å²) >= 11 is 1.52. The van der Waals surface area contributed by atoms with E-state index in [1.165, 1.54) is 31.7 Å². The highest BCUT2D eigenvalue weighted by Crippen LogP contribution is 2.22. The van der Waals surface area contributed by atoms with E-state index >= 15 is 0 Å². The second-order valence-electron chi connectivity index (χ2n) is 4.86. The molecule has 0 saturated heterocycles. The Kier molecular flexibility index (Phi) is 6.54. The van der Waals surface area contributed by atoms with Crippen molar-refractivity contribution in [2.75, 3.05) is 7.11 Å². The van der Waals surface area contributed by atoms with E-state index in [4.69, 9.17) is 0 Å². The molecule has 4 nitrogen and oxygen atoms in total. The fraction of sp³-hybridized carbons (Fsp3) is 0.846. The van der Waals surface area contributed by atoms with Crippen LogP contribution in [0.4, 0.5) is 0 Å². The lowest BCUT2D eigenvalue weighted by Crippen LogP contribution is -2.38. The van der Waals surface area contributed by atoms with E-state index in [9.17, 15) is 9.59 Å². The Hall–Kier alpha value is -0.710. The smallest absolute Gasteiger partial charge is 0.306 e. The predicted molar refractivity (Wildman–Crippen MR) is 73.5 cm³/mol. The molecule has 0 heterocycles. The minimum atomic E-state index is -0.224. The first kappa shape index (κ1) is 15.3. The van der Waals surface area contributed by atoms with E-state index in [1.54, 1.807) is 0 Å². The number of hydrogen-bond acceptors (Lipinski definition) is 4. The molecule has 1 aliphatic rings. The lowest BCUT2D eigenvalue weighted by Gasteiger charge is -2.19. The molecular formula is C13H23NO3S. The van der Waals surface area contributed by atoms with Gasteiger partial charge >= 0.3 is 5.97 Å². The molecule has 1 N–H and O–H groups in total. The van der Waals surface area contributed by atoms with Crippen LogP contribution >= 0.6 is 11.8 Å². The summed E-state index contributed by atoms with van der Waals surface area (Å²) in [5.41, 5.74) is 0. The van der Waals surface area contributed by atoms with E-state index in [2.05, 4.69) is 10.1 Å². The first-order chi connectivity index (χ1) is 8.52. The Labute approximate surface area is 113 Å². The normalized spacial score (nSPS) is 19.3. The van der Waals surface area contributed by atoms with Crippen molar-refractivity contribution in [1.82, 2.24) is 5.32 Å². The Balaban J connectivity index is 2.27. The predicted octanol–water partition coefficient (Wildman–Crippen LogP) is 2.12. The molecule has 1 saturated carbocycles. The summed E-state index contributed by atoms with van der Waals surface area (Å²) in [5.74, 6) is -0.137. The van der Waals surface area contributed by atoms with E-state index < -0.39 is 0 Å². The molecule has 0 aromatic carbocycles. The molecular weight excluding hydrogens is 250 g/mol. The van der Waals surface area contributed by atoms with Gasteiger partial charge in [0.2, 0.25) is 5.91 Å². The number of amides is 1. The zero-order valence-electron chi connectivity index (χ0n) is 11.4. The Bertz CT molecular complexity index is 290. The minimum Gasteiger partial charge on any atom is -0.469 e. The molecule has 0 aromatic rings. The number of carbonyl (C=O) groups excluding carboxylic acids is 2. The number of hydrogen-bond donors (Lipinski definition) is 1. The van der Waals surface area contributed by atoms with Crippen molar-refractivity contribution in [3.05, 3.63) is 0 Å². The number of carbonyl (C=O) groups is 2. The SMILES string of the molecule is COC(=O)CC(C)SC(C)C(=O)NC1CCCC1. The second kappa shape index (κ2) is 7.67. The molecule has 1 rings (SSSR count). The van der Waals surface area contributed by atoms with Crippen LogP contribution in [0.2, 0.25) is 0 Å². The average Bonchev–Trinajstić information content (AvgIpc) is 2.81. The molecule has 0 aromatic heterocycles. The van der Waals surface area contributed by atoms with Gasteiger partial charge in [-0.25, -0.2) is 0 Å². The van der Waals surface area contributed by atoms with Gasteiger partial charge in [-0.15, -0.1) is 11.8 Å². The van der Waals surface area contributed by atoms with E-state index in [0.29, 0.717) is 12.5 Å². The second-order valence-corrected chi connectivity index (χ2v) is 6.64. The first-order valence-corrected chi connectivity index (χ1v) is 7.50. The van der Waals surface area contributed by atoms with Crippen LogP contribution in [0, 0.1) is 0 Å². The molecule has 18 heavy (non-hydrogen) atoms. The first-order valence-electron chi connectivity index (χ1n) is 6.55. The van der Waals surface area contributed by atoms with Crippen LogP contribution in [-0.2, 0) is 14.3 Å². The molecule has 1 aliphatic carbocycles. The van der Waals surface area contributed by atoms with E-state index in [0.717, 1.165) is 12.8 Å². The van der Waals surface area contributed by atoms with Crippen molar-refractivity contribution in [3.63, 3.8) is 0 Å². The summed E-state index contributed by atoms with van der Waals surface area (Å²) in [5, 5.41) is 3.05. The van der Waals surface area contributed by atoms with E-state index in [-0.39, 0.29) is 22.4 Å². The van der Waals surface area contributed by atoms with Crippen molar-refractivity contribution in [2.45, 2.75) is 62.5 Å². The fourth-order valence-electron chi connectivity index (χ4n) is 2.17. The molecule has 0 aliphatic heterocycles. The third kappa shape index (κ3) is 5.29. The zero-order chi connectivity index (χ0) is 13.5. The van der Waals surface area contributed by atoms with Crippen LogP contribution in [-0.4, -0.2) is 35.5 Å². The summed E-state index contributed by atoms with van der Waals surface area (Å²) in [7, 11) is 1.38. The van der Waals surface area contributed by atoms with Gasteiger partial charge in [0, 0.05) is 11.3 Å². The van der Waals surface area contributed by atoms with Gasteiger partial charge in [-0.1, -0.05) is 19.8 Å². The molecule has 2 unspecified atom stereocenters. The van der Waals surface area contributed by atoms with Crippen LogP contribution in [0.25, 0.3) is 0 Å². The Morgan fingerprint density at radius 2 is 1.94 bits per heavy atom. The number of esters is 1. The maximum Gasteiger partial charge on any atom is 0.306 e. The van der Waals surface area contributed by atoms with Crippen LogP contribution < -0.4 is 5.32 Å². The number of ether oxygens (including phenoxy) is 1. The third-order valence-electron chi connectivity index (χ3n) is 3.19. The summed E-state index contributed by atoms with van der Waals surface area (Å²) in [6.45, 7) is 3.84. The highest BCUT2D eigenvalue weighted by Gasteiger charge is 2.23. The maximum absolute atomic E-state index is 11.9. The van der Waals surface area contributed by atoms with Gasteiger partial charge in [0.15, 0.2) is 0 Å². The summed E-state index contributed by atoms with van der Waals surface area (Å²) in [6.07, 6.45) is 4.97. The fourth-order valence-corrected chi connectivity index (χ4v) is 3.29. The highest BCUT2D eigenvalue weighted by molar-refractivity contribution is 8.01. The monoisotopic (exact) mass is 273 g/mol. The summed E-state index contributed by atoms with van der Waals surface area (Å²) in [6, 6.07) is 0.358. The topological polar surface area (TPSA) is 55.4 Å². The number of thioether (sulfide) groups is 1. The van der Waals surface area contributed by atoms with Gasteiger partial charge in [-0.05, 0) is 19.8 Å². The lowest BCUT2D eigenvalue weighted by molar-refractivity contribution is -0.140. The van der Waals surface area contributed by atoms with Crippen molar-refractivity contribution in [1.29, 1.82) is 0 Å². The average molecular weight is 273 g/mol. The van der Waals surface area contributed by atoms with Crippen LogP contribution in [0.1, 0.15) is 46.0 Å². The lowest BCUT2D eigenvalue weighted by atomic mass is 10.2. The third-order valence-corrected chi connectivity index (χ3v) is 4.44. The van der Waals surface area contributed by atoms with Gasteiger partial charge < -0.3 is 10.1 Å². The number of nitrogens with one attached hydrogen (secondary N) is 1. The molecule has 0 bridgehead atoms. The molecule has 5 heteroatoms. The number of methoxy groups -OCH3 is 1. The molecule has 1 fully saturated rings. The summed E-state index contributed by atoms with van der Waals surface area (Å²) < 4.78 is 4.62. The Morgan fingerprint density at radius 1 is 1.33 bits per heavy atom. The van der Waals surface area contributed by atoms with Crippen LogP contribution in [0.5, 0.6) is 0 Å². The van der Waals surface area contributed by atoms with Crippen LogP contribution in [0.3, 0.4) is 0 Å². The maximum atomic E-state index is 11.9. The molecule has 0 radical (unpaired) electrons. The standard InChI is InChI=1S/C13H23NO3S/c1-9(8-12(15)17-3)18-10(2)13(16)14-11-6-4-5-7-11/h9-11H,4-8H2,1-3H3,(H,14,16). The van der Waals surface area contributed by atoms with Crippen molar-refractivity contribution < 1.29 is 14.3 Å². The van der Waals surface area contributed by atoms with Gasteiger partial charge in [0.05, 0.1) is 18.8 Å². The quantitative estimate of drug-likeness (QED) is 0.753. The van der Waals surface area contributed by atoms with Crippen molar-refractivity contribution in [3.8, 4) is 0 Å². The van der Waals surface area contributed by atoms with Crippen LogP contribution in [0.15, 0.2) is 0 Å². The molecule has 0 spiro atoms. The van der Waals surface area contributed by atoms with Crippen molar-refractivity contribution in [2.24, 2.45) is 0 Å². The zero-order valence-corrected chi connectivity index (χ0v) is 12.2. The largest absolute Gasteiger partial charge is 0.469 e. The van der Waals surface area contributed by atoms with Gasteiger partial charge in [-0.3, -0.25) is 9.59 Å². The van der Waals surface area contributed by atoms with E-state index in [1.807, 2.05) is 13.8 Å². The van der Waals surface area contributed by atoms with Gasteiger partial charge in [-0.2, -0.15) is 0 Å². The molecule has 2 atom stereocenters. The Morgan fingerprint density at radius 3 is 2.50 bits per heavy atom.